The minimum Gasteiger partial charge on any atom is -0.456 e. The van der Waals surface area contributed by atoms with Crippen LogP contribution in [0.1, 0.15) is 22.7 Å². The maximum absolute atomic E-state index is 6.59. The highest BCUT2D eigenvalue weighted by atomic mass is 16.3. The average Bonchev–Trinajstić information content (AvgIpc) is 3.59. The van der Waals surface area contributed by atoms with Gasteiger partial charge >= 0.3 is 0 Å². The number of nitrogens with one attached hydrogen (secondary N) is 1. The van der Waals surface area contributed by atoms with Gasteiger partial charge in [-0.2, -0.15) is 0 Å². The lowest BCUT2D eigenvalue weighted by Gasteiger charge is -2.24. The number of furan rings is 1. The highest BCUT2D eigenvalue weighted by Gasteiger charge is 2.23. The van der Waals surface area contributed by atoms with E-state index in [2.05, 4.69) is 163 Å². The van der Waals surface area contributed by atoms with Crippen molar-refractivity contribution in [2.24, 2.45) is 4.99 Å². The fraction of sp³-hybridized carbons (Fsp3) is 0.0213. The zero-order chi connectivity index (χ0) is 33.7. The molecule has 0 bridgehead atoms. The van der Waals surface area contributed by atoms with Gasteiger partial charge in [-0.15, -0.1) is 0 Å². The average molecular weight is 654 g/mol. The van der Waals surface area contributed by atoms with Crippen LogP contribution in [-0.2, 0) is 0 Å². The van der Waals surface area contributed by atoms with Crippen molar-refractivity contribution < 1.29 is 4.42 Å². The molecule has 7 aromatic carbocycles. The highest BCUT2D eigenvalue weighted by molar-refractivity contribution is 6.27. The number of aliphatic imine (C=N–C) groups is 1. The molecule has 0 fully saturated rings. The van der Waals surface area contributed by atoms with Gasteiger partial charge < -0.3 is 9.73 Å². The molecule has 2 aromatic heterocycles. The van der Waals surface area contributed by atoms with Crippen LogP contribution in [0.5, 0.6) is 0 Å². The smallest absolute Gasteiger partial charge is 0.136 e. The third kappa shape index (κ3) is 5.00. The van der Waals surface area contributed by atoms with Crippen LogP contribution in [0, 0.1) is 0 Å². The zero-order valence-corrected chi connectivity index (χ0v) is 27.6. The van der Waals surface area contributed by atoms with Crippen molar-refractivity contribution in [2.75, 3.05) is 0 Å². The van der Waals surface area contributed by atoms with Crippen molar-refractivity contribution in [2.45, 2.75) is 6.04 Å². The molecule has 1 N–H and O–H groups in total. The Balaban J connectivity index is 1.22. The Kier molecular flexibility index (Phi) is 6.85. The summed E-state index contributed by atoms with van der Waals surface area (Å²) in [5.41, 5.74) is 11.1. The van der Waals surface area contributed by atoms with Gasteiger partial charge in [0.15, 0.2) is 0 Å². The van der Waals surface area contributed by atoms with Crippen molar-refractivity contribution in [3.05, 3.63) is 193 Å². The predicted molar refractivity (Wildman–Crippen MR) is 211 cm³/mol. The van der Waals surface area contributed by atoms with Crippen molar-refractivity contribution in [3.63, 3.8) is 0 Å². The Morgan fingerprint density at radius 3 is 1.94 bits per heavy atom. The van der Waals surface area contributed by atoms with Crippen molar-refractivity contribution in [1.82, 2.24) is 10.3 Å². The van der Waals surface area contributed by atoms with Gasteiger partial charge in [0, 0.05) is 43.6 Å². The molecule has 4 heteroatoms. The Bertz CT molecular complexity index is 2820. The lowest BCUT2D eigenvalue weighted by Crippen LogP contribution is -2.31. The molecule has 51 heavy (non-hydrogen) atoms. The summed E-state index contributed by atoms with van der Waals surface area (Å²) in [5, 5.41) is 9.28. The fourth-order valence-electron chi connectivity index (χ4n) is 7.54. The van der Waals surface area contributed by atoms with Gasteiger partial charge in [-0.05, 0) is 47.0 Å². The van der Waals surface area contributed by atoms with Gasteiger partial charge in [-0.25, -0.2) is 9.98 Å². The predicted octanol–water partition coefficient (Wildman–Crippen LogP) is 11.8. The molecule has 0 radical (unpaired) electrons. The minimum atomic E-state index is -0.0352. The standard InChI is InChI=1S/C47H31N3O/c1-4-15-30(16-5-1)39-29-40(31-17-6-2-7-18-31)50-47(49-39)34-22-14-21-33(27-34)46-37-28-42-45(36-24-11-13-26-41(36)51-42)43(32-19-8-3-9-20-32)44(37)35-23-10-12-25-38(35)48-46/h1-29,39H,(H,49,50). The summed E-state index contributed by atoms with van der Waals surface area (Å²) < 4.78 is 6.59. The molecule has 9 aromatic rings. The second-order valence-electron chi connectivity index (χ2n) is 13.0. The van der Waals surface area contributed by atoms with E-state index in [0.29, 0.717) is 0 Å². The summed E-state index contributed by atoms with van der Waals surface area (Å²) in [6.45, 7) is 0. The number of fused-ring (bicyclic) bond motifs is 6. The summed E-state index contributed by atoms with van der Waals surface area (Å²) in [7, 11) is 0. The number of nitrogens with zero attached hydrogens (tertiary/aromatic N) is 2. The largest absolute Gasteiger partial charge is 0.456 e. The van der Waals surface area contributed by atoms with Crippen LogP contribution in [-0.4, -0.2) is 10.8 Å². The third-order valence-electron chi connectivity index (χ3n) is 9.88. The summed E-state index contributed by atoms with van der Waals surface area (Å²) in [6.07, 6.45) is 2.21. The zero-order valence-electron chi connectivity index (χ0n) is 27.6. The Morgan fingerprint density at radius 1 is 0.490 bits per heavy atom. The van der Waals surface area contributed by atoms with E-state index in [4.69, 9.17) is 14.4 Å². The van der Waals surface area contributed by atoms with Crippen molar-refractivity contribution in [3.8, 4) is 22.4 Å². The van der Waals surface area contributed by atoms with Gasteiger partial charge in [0.05, 0.1) is 22.9 Å². The van der Waals surface area contributed by atoms with Gasteiger partial charge in [0.2, 0.25) is 0 Å². The summed E-state index contributed by atoms with van der Waals surface area (Å²) >= 11 is 0. The van der Waals surface area contributed by atoms with Gasteiger partial charge in [-0.3, -0.25) is 0 Å². The lowest BCUT2D eigenvalue weighted by molar-refractivity contribution is 0.669. The van der Waals surface area contributed by atoms with Crippen LogP contribution >= 0.6 is 0 Å². The number of para-hydroxylation sites is 2. The molecule has 0 saturated heterocycles. The quantitative estimate of drug-likeness (QED) is 0.188. The lowest BCUT2D eigenvalue weighted by atomic mass is 9.89. The first-order valence-corrected chi connectivity index (χ1v) is 17.3. The van der Waals surface area contributed by atoms with E-state index in [-0.39, 0.29) is 6.04 Å². The van der Waals surface area contributed by atoms with Crippen LogP contribution in [0.4, 0.5) is 0 Å². The first-order valence-electron chi connectivity index (χ1n) is 17.3. The minimum absolute atomic E-state index is 0.0352. The van der Waals surface area contributed by atoms with E-state index in [1.165, 1.54) is 5.56 Å². The van der Waals surface area contributed by atoms with E-state index >= 15 is 0 Å². The van der Waals surface area contributed by atoms with E-state index in [1.807, 2.05) is 18.2 Å². The number of amidine groups is 1. The molecule has 240 valence electrons. The molecule has 0 spiro atoms. The first-order chi connectivity index (χ1) is 25.3. The van der Waals surface area contributed by atoms with Crippen LogP contribution < -0.4 is 5.32 Å². The first kappa shape index (κ1) is 29.2. The van der Waals surface area contributed by atoms with Crippen LogP contribution in [0.3, 0.4) is 0 Å². The topological polar surface area (TPSA) is 50.4 Å². The Hall–Kier alpha value is -6.78. The number of rotatable bonds is 5. The molecule has 1 atom stereocenters. The third-order valence-corrected chi connectivity index (χ3v) is 9.88. The molecule has 0 aliphatic carbocycles. The van der Waals surface area contributed by atoms with Gasteiger partial charge in [0.25, 0.3) is 0 Å². The van der Waals surface area contributed by atoms with E-state index in [0.717, 1.165) is 88.7 Å². The van der Waals surface area contributed by atoms with Crippen molar-refractivity contribution >= 4 is 55.1 Å². The molecule has 1 aliphatic heterocycles. The number of hydrogen-bond donors (Lipinski definition) is 1. The summed E-state index contributed by atoms with van der Waals surface area (Å²) in [4.78, 5) is 10.6. The SMILES string of the molecule is C1=C(c2ccccc2)N=C(c2cccc(-c3nc4ccccc4c4c(-c5ccccc5)c5c(cc34)oc3ccccc35)c2)NC1c1ccccc1. The summed E-state index contributed by atoms with van der Waals surface area (Å²) in [5.74, 6) is 0.821. The number of benzene rings is 7. The molecule has 1 aliphatic rings. The van der Waals surface area contributed by atoms with Crippen molar-refractivity contribution in [1.29, 1.82) is 0 Å². The molecule has 10 rings (SSSR count). The normalized spacial score (nSPS) is 14.5. The maximum atomic E-state index is 6.59. The summed E-state index contributed by atoms with van der Waals surface area (Å²) in [6, 6.07) is 59.1. The second kappa shape index (κ2) is 12.0. The molecule has 4 nitrogen and oxygen atoms in total. The van der Waals surface area contributed by atoms with Gasteiger partial charge in [-0.1, -0.05) is 146 Å². The van der Waals surface area contributed by atoms with Crippen LogP contribution in [0.2, 0.25) is 0 Å². The van der Waals surface area contributed by atoms with E-state index < -0.39 is 0 Å². The maximum Gasteiger partial charge on any atom is 0.136 e. The number of aromatic nitrogens is 1. The van der Waals surface area contributed by atoms with E-state index in [1.54, 1.807) is 0 Å². The molecular weight excluding hydrogens is 623 g/mol. The monoisotopic (exact) mass is 653 g/mol. The molecule has 1 unspecified atom stereocenters. The Morgan fingerprint density at radius 2 is 1.14 bits per heavy atom. The fourth-order valence-corrected chi connectivity index (χ4v) is 7.54. The number of pyridine rings is 1. The van der Waals surface area contributed by atoms with E-state index in [9.17, 15) is 0 Å². The highest BCUT2D eigenvalue weighted by Crippen LogP contribution is 2.46. The number of hydrogen-bond acceptors (Lipinski definition) is 4. The van der Waals surface area contributed by atoms with Crippen LogP contribution in [0.15, 0.2) is 185 Å². The van der Waals surface area contributed by atoms with Crippen LogP contribution in [0.25, 0.3) is 71.7 Å². The molecule has 3 heterocycles. The molecule has 0 saturated carbocycles. The molecule has 0 amide bonds. The van der Waals surface area contributed by atoms with Gasteiger partial charge in [0.1, 0.15) is 17.0 Å². The molecular formula is C47H31N3O. The Labute approximate surface area is 295 Å². The second-order valence-corrected chi connectivity index (χ2v) is 13.0.